The van der Waals surface area contributed by atoms with E-state index in [-0.39, 0.29) is 16.4 Å². The van der Waals surface area contributed by atoms with Crippen LogP contribution in [-0.2, 0) is 16.0 Å². The Labute approximate surface area is 171 Å². The van der Waals surface area contributed by atoms with Crippen molar-refractivity contribution in [3.63, 3.8) is 0 Å². The van der Waals surface area contributed by atoms with E-state index in [4.69, 9.17) is 0 Å². The van der Waals surface area contributed by atoms with Crippen LogP contribution >= 0.6 is 0 Å². The minimum atomic E-state index is -4.50. The zero-order valence-corrected chi connectivity index (χ0v) is 17.1. The van der Waals surface area contributed by atoms with Gasteiger partial charge in [0, 0.05) is 12.5 Å². The molecule has 6 nitrogen and oxygen atoms in total. The van der Waals surface area contributed by atoms with Crippen molar-refractivity contribution in [3.8, 4) is 0 Å². The monoisotopic (exact) mass is 439 g/mol. The standard InChI is InChI=1S/C20H20F3N3O3S/c1-3-7-15(13-8-6-9-14(12-13)20(21,22)23)24-18(27)17-16-10-4-5-11-26(16)19(25-17)30(2,28)29/h4-6,8-12,15H,3,7H2,1-2H3,(H,24,27). The van der Waals surface area contributed by atoms with E-state index in [9.17, 15) is 26.4 Å². The number of fused-ring (bicyclic) bond motifs is 1. The molecule has 3 rings (SSSR count). The topological polar surface area (TPSA) is 80.5 Å². The normalized spacial score (nSPS) is 13.4. The van der Waals surface area contributed by atoms with Gasteiger partial charge in [-0.05, 0) is 36.2 Å². The molecule has 30 heavy (non-hydrogen) atoms. The minimum absolute atomic E-state index is 0.107. The van der Waals surface area contributed by atoms with Gasteiger partial charge in [0.25, 0.3) is 5.91 Å². The maximum atomic E-state index is 13.1. The summed E-state index contributed by atoms with van der Waals surface area (Å²) in [7, 11) is -3.71. The molecule has 10 heteroatoms. The average Bonchev–Trinajstić information content (AvgIpc) is 3.07. The number of alkyl halides is 3. The quantitative estimate of drug-likeness (QED) is 0.629. The number of imidazole rings is 1. The van der Waals surface area contributed by atoms with E-state index >= 15 is 0 Å². The maximum Gasteiger partial charge on any atom is 0.416 e. The molecule has 0 aliphatic rings. The lowest BCUT2D eigenvalue weighted by Gasteiger charge is -2.19. The summed E-state index contributed by atoms with van der Waals surface area (Å²) in [4.78, 5) is 16.9. The number of carbonyl (C=O) groups is 1. The van der Waals surface area contributed by atoms with E-state index in [0.717, 1.165) is 18.4 Å². The molecule has 0 spiro atoms. The first kappa shape index (κ1) is 21.8. The van der Waals surface area contributed by atoms with Crippen LogP contribution in [0.4, 0.5) is 13.2 Å². The van der Waals surface area contributed by atoms with Crippen molar-refractivity contribution < 1.29 is 26.4 Å². The van der Waals surface area contributed by atoms with Gasteiger partial charge in [0.2, 0.25) is 15.0 Å². The highest BCUT2D eigenvalue weighted by Gasteiger charge is 2.31. The third kappa shape index (κ3) is 4.48. The van der Waals surface area contributed by atoms with Gasteiger partial charge in [-0.15, -0.1) is 0 Å². The van der Waals surface area contributed by atoms with Crippen LogP contribution < -0.4 is 5.32 Å². The van der Waals surface area contributed by atoms with Gasteiger partial charge in [-0.2, -0.15) is 13.2 Å². The molecular formula is C20H20F3N3O3S. The summed E-state index contributed by atoms with van der Waals surface area (Å²) >= 11 is 0. The number of nitrogens with one attached hydrogen (secondary N) is 1. The molecule has 2 heterocycles. The number of pyridine rings is 1. The van der Waals surface area contributed by atoms with Gasteiger partial charge >= 0.3 is 6.18 Å². The lowest BCUT2D eigenvalue weighted by atomic mass is 9.99. The highest BCUT2D eigenvalue weighted by atomic mass is 32.2. The van der Waals surface area contributed by atoms with E-state index in [2.05, 4.69) is 10.3 Å². The summed E-state index contributed by atoms with van der Waals surface area (Å²) in [6.45, 7) is 1.85. The summed E-state index contributed by atoms with van der Waals surface area (Å²) < 4.78 is 64.6. The molecular weight excluding hydrogens is 419 g/mol. The Morgan fingerprint density at radius 2 is 1.93 bits per heavy atom. The smallest absolute Gasteiger partial charge is 0.344 e. The number of benzene rings is 1. The number of amides is 1. The van der Waals surface area contributed by atoms with Crippen molar-refractivity contribution in [3.05, 3.63) is 65.5 Å². The predicted octanol–water partition coefficient (Wildman–Crippen LogP) is 4.03. The number of hydrogen-bond donors (Lipinski definition) is 1. The Bertz CT molecular complexity index is 1190. The Balaban J connectivity index is 1.99. The molecule has 0 saturated carbocycles. The molecule has 0 aliphatic carbocycles. The molecule has 3 aromatic rings. The summed E-state index contributed by atoms with van der Waals surface area (Å²) in [5.41, 5.74) is -0.312. The zero-order valence-electron chi connectivity index (χ0n) is 16.3. The first-order valence-electron chi connectivity index (χ1n) is 9.17. The molecule has 1 unspecified atom stereocenters. The van der Waals surface area contributed by atoms with Crippen LogP contribution in [0, 0.1) is 0 Å². The molecule has 0 saturated heterocycles. The number of aromatic nitrogens is 2. The maximum absolute atomic E-state index is 13.1. The molecule has 160 valence electrons. The van der Waals surface area contributed by atoms with Crippen molar-refractivity contribution in [2.24, 2.45) is 0 Å². The third-order valence-electron chi connectivity index (χ3n) is 4.56. The largest absolute Gasteiger partial charge is 0.416 e. The number of hydrogen-bond acceptors (Lipinski definition) is 4. The highest BCUT2D eigenvalue weighted by molar-refractivity contribution is 7.90. The lowest BCUT2D eigenvalue weighted by Crippen LogP contribution is -2.29. The van der Waals surface area contributed by atoms with Crippen LogP contribution in [0.3, 0.4) is 0 Å². The van der Waals surface area contributed by atoms with Gasteiger partial charge in [-0.25, -0.2) is 13.4 Å². The van der Waals surface area contributed by atoms with Crippen LogP contribution in [0.25, 0.3) is 5.52 Å². The van der Waals surface area contributed by atoms with Crippen LogP contribution in [0.1, 0.15) is 47.4 Å². The highest BCUT2D eigenvalue weighted by Crippen LogP contribution is 2.31. The van der Waals surface area contributed by atoms with E-state index < -0.39 is 33.5 Å². The number of nitrogens with zero attached hydrogens (tertiary/aromatic N) is 2. The molecule has 0 aliphatic heterocycles. The van der Waals surface area contributed by atoms with Gasteiger partial charge in [-0.1, -0.05) is 31.5 Å². The second-order valence-corrected chi connectivity index (χ2v) is 8.82. The van der Waals surface area contributed by atoms with Crippen molar-refractivity contribution in [2.75, 3.05) is 6.26 Å². The van der Waals surface area contributed by atoms with Crippen molar-refractivity contribution in [2.45, 2.75) is 37.1 Å². The molecule has 0 bridgehead atoms. The molecule has 1 atom stereocenters. The van der Waals surface area contributed by atoms with Gasteiger partial charge in [0.1, 0.15) is 0 Å². The Morgan fingerprint density at radius 1 is 1.20 bits per heavy atom. The van der Waals surface area contributed by atoms with E-state index in [0.29, 0.717) is 18.4 Å². The van der Waals surface area contributed by atoms with Crippen LogP contribution in [0.2, 0.25) is 0 Å². The lowest BCUT2D eigenvalue weighted by molar-refractivity contribution is -0.137. The fourth-order valence-electron chi connectivity index (χ4n) is 3.21. The van der Waals surface area contributed by atoms with Crippen molar-refractivity contribution >= 4 is 21.3 Å². The first-order chi connectivity index (χ1) is 14.0. The Morgan fingerprint density at radius 3 is 2.57 bits per heavy atom. The number of rotatable bonds is 6. The fourth-order valence-corrected chi connectivity index (χ4v) is 3.98. The molecule has 2 aromatic heterocycles. The second-order valence-electron chi connectivity index (χ2n) is 6.91. The molecule has 1 amide bonds. The second kappa shape index (κ2) is 8.10. The van der Waals surface area contributed by atoms with Gasteiger partial charge in [0.05, 0.1) is 17.1 Å². The number of halogens is 3. The Hall–Kier alpha value is -2.88. The van der Waals surface area contributed by atoms with Crippen LogP contribution in [0.15, 0.2) is 53.8 Å². The first-order valence-corrected chi connectivity index (χ1v) is 11.1. The number of sulfone groups is 1. The van der Waals surface area contributed by atoms with Gasteiger partial charge < -0.3 is 5.32 Å². The van der Waals surface area contributed by atoms with Crippen LogP contribution in [-0.4, -0.2) is 30.0 Å². The van der Waals surface area contributed by atoms with E-state index in [1.165, 1.54) is 22.7 Å². The predicted molar refractivity (Wildman–Crippen MR) is 105 cm³/mol. The summed E-state index contributed by atoms with van der Waals surface area (Å²) in [5.74, 6) is -0.663. The SMILES string of the molecule is CCCC(NC(=O)c1nc(S(C)(=O)=O)n2ccccc12)c1cccc(C(F)(F)F)c1. The molecule has 1 N–H and O–H groups in total. The third-order valence-corrected chi connectivity index (χ3v) is 5.51. The summed E-state index contributed by atoms with van der Waals surface area (Å²) in [6.07, 6.45) is -1.02. The summed E-state index contributed by atoms with van der Waals surface area (Å²) in [6, 6.07) is 8.89. The van der Waals surface area contributed by atoms with E-state index in [1.807, 2.05) is 6.92 Å². The molecule has 0 radical (unpaired) electrons. The van der Waals surface area contributed by atoms with Crippen LogP contribution in [0.5, 0.6) is 0 Å². The van der Waals surface area contributed by atoms with Gasteiger partial charge in [-0.3, -0.25) is 9.20 Å². The zero-order chi connectivity index (χ0) is 22.1. The fraction of sp³-hybridized carbons (Fsp3) is 0.300. The molecule has 1 aromatic carbocycles. The van der Waals surface area contributed by atoms with E-state index in [1.54, 1.807) is 18.2 Å². The van der Waals surface area contributed by atoms with Crippen molar-refractivity contribution in [1.82, 2.24) is 14.7 Å². The Kier molecular flexibility index (Phi) is 5.89. The minimum Gasteiger partial charge on any atom is -0.344 e. The van der Waals surface area contributed by atoms with Crippen molar-refractivity contribution in [1.29, 1.82) is 0 Å². The molecule has 0 fully saturated rings. The summed E-state index contributed by atoms with van der Waals surface area (Å²) in [5, 5.41) is 2.43. The average molecular weight is 439 g/mol. The number of carbonyl (C=O) groups excluding carboxylic acids is 1. The van der Waals surface area contributed by atoms with Gasteiger partial charge in [0.15, 0.2) is 5.69 Å².